The van der Waals surface area contributed by atoms with Crippen LogP contribution in [0.2, 0.25) is 5.02 Å². The molecule has 6 nitrogen and oxygen atoms in total. The van der Waals surface area contributed by atoms with Crippen LogP contribution in [0.4, 0.5) is 0 Å². The van der Waals surface area contributed by atoms with Crippen LogP contribution in [0.1, 0.15) is 40.1 Å². The van der Waals surface area contributed by atoms with Crippen molar-refractivity contribution >= 4 is 33.4 Å². The van der Waals surface area contributed by atoms with Crippen molar-refractivity contribution in [1.82, 2.24) is 4.72 Å². The highest BCUT2D eigenvalue weighted by Crippen LogP contribution is 2.18. The first-order valence-electron chi connectivity index (χ1n) is 8.26. The van der Waals surface area contributed by atoms with Crippen molar-refractivity contribution < 1.29 is 22.7 Å². The van der Waals surface area contributed by atoms with Crippen molar-refractivity contribution in [3.8, 4) is 0 Å². The number of ether oxygens (including phenoxy) is 1. The van der Waals surface area contributed by atoms with E-state index in [1.807, 2.05) is 0 Å². The Balaban J connectivity index is 2.22. The third-order valence-corrected chi connectivity index (χ3v) is 5.65. The van der Waals surface area contributed by atoms with Crippen molar-refractivity contribution in [3.63, 3.8) is 0 Å². The Morgan fingerprint density at radius 1 is 1.15 bits per heavy atom. The second-order valence-electron chi connectivity index (χ2n) is 5.90. The number of aryl methyl sites for hydroxylation is 1. The summed E-state index contributed by atoms with van der Waals surface area (Å²) in [5.41, 5.74) is 0.992. The molecule has 0 radical (unpaired) electrons. The Kier molecular flexibility index (Phi) is 6.75. The number of carbonyl (C=O) groups is 2. The maximum absolute atomic E-state index is 12.5. The number of carbonyl (C=O) groups excluding carboxylic acids is 2. The molecule has 1 unspecified atom stereocenters. The third-order valence-electron chi connectivity index (χ3n) is 3.86. The molecule has 0 bridgehead atoms. The number of Topliss-reactive ketones (excluding diaryl/α,β-unsaturated/α-hetero) is 1. The van der Waals surface area contributed by atoms with E-state index in [1.165, 1.54) is 25.1 Å². The van der Waals surface area contributed by atoms with Gasteiger partial charge in [0.25, 0.3) is 0 Å². The molecule has 0 fully saturated rings. The molecule has 144 valence electrons. The highest BCUT2D eigenvalue weighted by Gasteiger charge is 2.23. The van der Waals surface area contributed by atoms with Crippen molar-refractivity contribution in [1.29, 1.82) is 0 Å². The summed E-state index contributed by atoms with van der Waals surface area (Å²) in [5, 5.41) is 0.491. The summed E-state index contributed by atoms with van der Waals surface area (Å²) in [7, 11) is -3.71. The van der Waals surface area contributed by atoms with Crippen LogP contribution in [0.3, 0.4) is 0 Å². The number of ketones is 1. The molecule has 2 rings (SSSR count). The number of benzene rings is 2. The summed E-state index contributed by atoms with van der Waals surface area (Å²) in [6.45, 7) is 5.00. The summed E-state index contributed by atoms with van der Waals surface area (Å²) in [6, 6.07) is 10.4. The second-order valence-corrected chi connectivity index (χ2v) is 8.10. The monoisotopic (exact) mass is 409 g/mol. The van der Waals surface area contributed by atoms with Crippen LogP contribution in [-0.4, -0.2) is 32.8 Å². The fourth-order valence-electron chi connectivity index (χ4n) is 2.39. The smallest absolute Gasteiger partial charge is 0.339 e. The van der Waals surface area contributed by atoms with Crippen molar-refractivity contribution in [2.75, 3.05) is 6.54 Å². The lowest BCUT2D eigenvalue weighted by Gasteiger charge is -2.14. The molecular formula is C19H20ClNO5S. The van der Waals surface area contributed by atoms with Crippen LogP contribution < -0.4 is 4.72 Å². The lowest BCUT2D eigenvalue weighted by atomic mass is 10.1. The molecule has 2 aromatic carbocycles. The van der Waals surface area contributed by atoms with E-state index in [0.717, 1.165) is 0 Å². The lowest BCUT2D eigenvalue weighted by molar-refractivity contribution is 0.0318. The van der Waals surface area contributed by atoms with Crippen molar-refractivity contribution in [2.24, 2.45) is 0 Å². The molecule has 0 saturated carbocycles. The van der Waals surface area contributed by atoms with Gasteiger partial charge in [0, 0.05) is 17.1 Å². The SMILES string of the molecule is CCNS(=O)(=O)c1ccc(C)c(C(=O)OC(C)C(=O)c2ccc(Cl)cc2)c1. The molecule has 0 aromatic heterocycles. The van der Waals surface area contributed by atoms with Gasteiger partial charge in [-0.2, -0.15) is 0 Å². The first kappa shape index (κ1) is 21.1. The molecule has 0 aliphatic rings. The minimum atomic E-state index is -3.71. The lowest BCUT2D eigenvalue weighted by Crippen LogP contribution is -2.26. The van der Waals surface area contributed by atoms with Gasteiger partial charge in [-0.15, -0.1) is 0 Å². The van der Waals surface area contributed by atoms with Gasteiger partial charge in [-0.25, -0.2) is 17.9 Å². The van der Waals surface area contributed by atoms with Gasteiger partial charge >= 0.3 is 5.97 Å². The minimum Gasteiger partial charge on any atom is -0.451 e. The van der Waals surface area contributed by atoms with Gasteiger partial charge in [-0.3, -0.25) is 4.79 Å². The molecule has 0 heterocycles. The standard InChI is InChI=1S/C19H20ClNO5S/c1-4-21-27(24,25)16-10-5-12(2)17(11-16)19(23)26-13(3)18(22)14-6-8-15(20)9-7-14/h5-11,13,21H,4H2,1-3H3. The van der Waals surface area contributed by atoms with E-state index in [-0.39, 0.29) is 22.8 Å². The fraction of sp³-hybridized carbons (Fsp3) is 0.263. The van der Waals surface area contributed by atoms with Crippen LogP contribution in [0, 0.1) is 6.92 Å². The Labute approximate surface area is 163 Å². The van der Waals surface area contributed by atoms with Gasteiger partial charge in [-0.05, 0) is 55.8 Å². The number of rotatable bonds is 7. The number of hydrogen-bond donors (Lipinski definition) is 1. The van der Waals surface area contributed by atoms with Crippen molar-refractivity contribution in [3.05, 3.63) is 64.2 Å². The second kappa shape index (κ2) is 8.65. The minimum absolute atomic E-state index is 0.0430. The Morgan fingerprint density at radius 3 is 2.37 bits per heavy atom. The molecule has 0 aliphatic carbocycles. The average molecular weight is 410 g/mol. The zero-order valence-electron chi connectivity index (χ0n) is 15.2. The largest absolute Gasteiger partial charge is 0.451 e. The normalized spacial score (nSPS) is 12.4. The molecule has 0 amide bonds. The number of halogens is 1. The quantitative estimate of drug-likeness (QED) is 0.559. The van der Waals surface area contributed by atoms with E-state index >= 15 is 0 Å². The predicted octanol–water partition coefficient (Wildman–Crippen LogP) is 3.37. The highest BCUT2D eigenvalue weighted by atomic mass is 35.5. The maximum Gasteiger partial charge on any atom is 0.339 e. The molecule has 1 atom stereocenters. The maximum atomic E-state index is 12.5. The number of hydrogen-bond acceptors (Lipinski definition) is 5. The Morgan fingerprint density at radius 2 is 1.78 bits per heavy atom. The summed E-state index contributed by atoms with van der Waals surface area (Å²) in [5.74, 6) is -1.15. The molecule has 0 spiro atoms. The van der Waals surface area contributed by atoms with Gasteiger partial charge in [0.15, 0.2) is 6.10 Å². The Bertz CT molecular complexity index is 955. The highest BCUT2D eigenvalue weighted by molar-refractivity contribution is 7.89. The number of nitrogens with one attached hydrogen (secondary N) is 1. The number of sulfonamides is 1. The van der Waals surface area contributed by atoms with Gasteiger partial charge < -0.3 is 4.74 Å². The molecular weight excluding hydrogens is 390 g/mol. The van der Waals surface area contributed by atoms with Gasteiger partial charge in [0.1, 0.15) is 0 Å². The molecule has 27 heavy (non-hydrogen) atoms. The first-order valence-corrected chi connectivity index (χ1v) is 10.1. The van der Waals surface area contributed by atoms with Crippen LogP contribution in [0.5, 0.6) is 0 Å². The summed E-state index contributed by atoms with van der Waals surface area (Å²) in [6.07, 6.45) is -1.04. The van der Waals surface area contributed by atoms with Crippen molar-refractivity contribution in [2.45, 2.75) is 31.8 Å². The Hall–Kier alpha value is -2.22. The van der Waals surface area contributed by atoms with Crippen LogP contribution in [-0.2, 0) is 14.8 Å². The molecule has 1 N–H and O–H groups in total. The summed E-state index contributed by atoms with van der Waals surface area (Å²) in [4.78, 5) is 24.8. The summed E-state index contributed by atoms with van der Waals surface area (Å²) < 4.78 is 31.9. The first-order chi connectivity index (χ1) is 12.7. The van der Waals surface area contributed by atoms with E-state index < -0.39 is 22.1 Å². The molecule has 0 aliphatic heterocycles. The molecule has 0 saturated heterocycles. The van der Waals surface area contributed by atoms with E-state index in [9.17, 15) is 18.0 Å². The van der Waals surface area contributed by atoms with E-state index in [0.29, 0.717) is 16.1 Å². The number of esters is 1. The predicted molar refractivity (Wildman–Crippen MR) is 103 cm³/mol. The van der Waals surface area contributed by atoms with Gasteiger partial charge in [-0.1, -0.05) is 24.6 Å². The van der Waals surface area contributed by atoms with Crippen LogP contribution in [0.15, 0.2) is 47.4 Å². The van der Waals surface area contributed by atoms with E-state index in [2.05, 4.69) is 4.72 Å². The van der Waals surface area contributed by atoms with Crippen LogP contribution >= 0.6 is 11.6 Å². The van der Waals surface area contributed by atoms with E-state index in [1.54, 1.807) is 38.1 Å². The molecule has 2 aromatic rings. The fourth-order valence-corrected chi connectivity index (χ4v) is 3.58. The van der Waals surface area contributed by atoms with Gasteiger partial charge in [0.2, 0.25) is 15.8 Å². The van der Waals surface area contributed by atoms with Gasteiger partial charge in [0.05, 0.1) is 10.5 Å². The van der Waals surface area contributed by atoms with Crippen LogP contribution in [0.25, 0.3) is 0 Å². The third kappa shape index (κ3) is 5.15. The zero-order valence-corrected chi connectivity index (χ0v) is 16.7. The average Bonchev–Trinajstić information content (AvgIpc) is 2.61. The zero-order chi connectivity index (χ0) is 20.2. The van der Waals surface area contributed by atoms with E-state index in [4.69, 9.17) is 16.3 Å². The summed E-state index contributed by atoms with van der Waals surface area (Å²) >= 11 is 5.80. The topological polar surface area (TPSA) is 89.5 Å². The molecule has 8 heteroatoms.